The molecular formula is C33H41ClN6O4S. The standard InChI is InChI=1S/C33H41ClN6O4S/c1-6-7-8-11-26-21(2)35-32-37-33(45-20-22-12-14-24(34)15-13-22)38-40(32)31(26)39-16-9-10-25(19-39)36-30(41)23-17-27(42-3)29(44-5)28(18-23)43-4/h12-15,17-18,25H,6-11,16,19-20H2,1-5H3,(H,36,41). The third-order valence-corrected chi connectivity index (χ3v) is 9.20. The first-order chi connectivity index (χ1) is 21.8. The van der Waals surface area contributed by atoms with Gasteiger partial charge in [-0.15, -0.1) is 5.10 Å². The Morgan fingerprint density at radius 1 is 1.07 bits per heavy atom. The summed E-state index contributed by atoms with van der Waals surface area (Å²) in [7, 11) is 4.63. The molecule has 1 unspecified atom stereocenters. The van der Waals surface area contributed by atoms with E-state index in [4.69, 9.17) is 40.9 Å². The number of anilines is 1. The van der Waals surface area contributed by atoms with E-state index in [9.17, 15) is 4.79 Å². The van der Waals surface area contributed by atoms with Crippen molar-refractivity contribution < 1.29 is 19.0 Å². The number of fused-ring (bicyclic) bond motifs is 1. The molecule has 0 bridgehead atoms. The van der Waals surface area contributed by atoms with Crippen LogP contribution in [0.2, 0.25) is 5.02 Å². The molecule has 2 aromatic carbocycles. The van der Waals surface area contributed by atoms with Gasteiger partial charge in [0.25, 0.3) is 11.7 Å². The van der Waals surface area contributed by atoms with Gasteiger partial charge in [-0.2, -0.15) is 9.50 Å². The zero-order valence-corrected chi connectivity index (χ0v) is 28.1. The maximum Gasteiger partial charge on any atom is 0.255 e. The van der Waals surface area contributed by atoms with E-state index < -0.39 is 0 Å². The van der Waals surface area contributed by atoms with Gasteiger partial charge in [0.05, 0.1) is 21.3 Å². The van der Waals surface area contributed by atoms with E-state index in [1.54, 1.807) is 45.2 Å². The maximum absolute atomic E-state index is 13.5. The van der Waals surface area contributed by atoms with E-state index in [1.807, 2.05) is 28.8 Å². The number of amides is 1. The Morgan fingerprint density at radius 2 is 1.80 bits per heavy atom. The lowest BCUT2D eigenvalue weighted by molar-refractivity contribution is 0.0932. The Labute approximate surface area is 273 Å². The van der Waals surface area contributed by atoms with Crippen LogP contribution in [-0.4, -0.2) is 65.9 Å². The van der Waals surface area contributed by atoms with Gasteiger partial charge >= 0.3 is 0 Å². The van der Waals surface area contributed by atoms with Gasteiger partial charge in [0.2, 0.25) is 10.9 Å². The minimum atomic E-state index is -0.193. The zero-order valence-electron chi connectivity index (χ0n) is 26.6. The molecule has 0 aliphatic carbocycles. The van der Waals surface area contributed by atoms with E-state index >= 15 is 0 Å². The number of piperidine rings is 1. The van der Waals surface area contributed by atoms with E-state index in [0.29, 0.717) is 45.3 Å². The second-order valence-electron chi connectivity index (χ2n) is 11.2. The van der Waals surface area contributed by atoms with Crippen LogP contribution in [-0.2, 0) is 12.2 Å². The van der Waals surface area contributed by atoms with Gasteiger partial charge in [-0.3, -0.25) is 4.79 Å². The molecule has 10 nitrogen and oxygen atoms in total. The highest BCUT2D eigenvalue weighted by Crippen LogP contribution is 2.38. The molecule has 1 aliphatic heterocycles. The number of methoxy groups -OCH3 is 3. The van der Waals surface area contributed by atoms with Crippen LogP contribution >= 0.6 is 23.4 Å². The minimum Gasteiger partial charge on any atom is -0.493 e. The number of nitrogens with one attached hydrogen (secondary N) is 1. The van der Waals surface area contributed by atoms with Crippen LogP contribution in [0.3, 0.4) is 0 Å². The van der Waals surface area contributed by atoms with E-state index in [1.165, 1.54) is 5.56 Å². The van der Waals surface area contributed by atoms with Gasteiger partial charge in [-0.05, 0) is 62.4 Å². The molecule has 0 radical (unpaired) electrons. The van der Waals surface area contributed by atoms with Crippen molar-refractivity contribution in [3.8, 4) is 17.2 Å². The quantitative estimate of drug-likeness (QED) is 0.127. The lowest BCUT2D eigenvalue weighted by atomic mass is 10.0. The number of benzene rings is 2. The summed E-state index contributed by atoms with van der Waals surface area (Å²) in [5.74, 6) is 3.47. The zero-order chi connectivity index (χ0) is 31.9. The van der Waals surface area contributed by atoms with E-state index in [2.05, 4.69) is 24.1 Å². The summed E-state index contributed by atoms with van der Waals surface area (Å²) in [5.41, 5.74) is 3.75. The molecule has 4 aromatic rings. The number of carbonyl (C=O) groups is 1. The number of halogens is 1. The highest BCUT2D eigenvalue weighted by molar-refractivity contribution is 7.98. The average molecular weight is 653 g/mol. The number of aryl methyl sites for hydroxylation is 1. The number of thioether (sulfide) groups is 1. The first-order valence-electron chi connectivity index (χ1n) is 15.3. The number of hydrogen-bond acceptors (Lipinski definition) is 9. The summed E-state index contributed by atoms with van der Waals surface area (Å²) in [5, 5.41) is 9.59. The van der Waals surface area contributed by atoms with Crippen LogP contribution in [0.1, 0.15) is 66.2 Å². The van der Waals surface area contributed by atoms with Crippen molar-refractivity contribution >= 4 is 40.9 Å². The van der Waals surface area contributed by atoms with Gasteiger partial charge in [0.15, 0.2) is 11.5 Å². The van der Waals surface area contributed by atoms with Crippen molar-refractivity contribution in [3.63, 3.8) is 0 Å². The average Bonchev–Trinajstić information content (AvgIpc) is 3.46. The molecule has 5 rings (SSSR count). The summed E-state index contributed by atoms with van der Waals surface area (Å²) in [6.45, 7) is 5.77. The molecule has 240 valence electrons. The van der Waals surface area contributed by atoms with Gasteiger partial charge in [-0.1, -0.05) is 55.3 Å². The highest BCUT2D eigenvalue weighted by Gasteiger charge is 2.28. The lowest BCUT2D eigenvalue weighted by Gasteiger charge is -2.36. The highest BCUT2D eigenvalue weighted by atomic mass is 35.5. The molecule has 0 spiro atoms. The van der Waals surface area contributed by atoms with Crippen LogP contribution in [0.25, 0.3) is 5.78 Å². The molecule has 1 amide bonds. The Balaban J connectivity index is 1.41. The number of unbranched alkanes of at least 4 members (excludes halogenated alkanes) is 2. The summed E-state index contributed by atoms with van der Waals surface area (Å²) < 4.78 is 18.3. The molecule has 0 saturated carbocycles. The molecule has 1 aliphatic rings. The second-order valence-corrected chi connectivity index (χ2v) is 12.5. The fourth-order valence-corrected chi connectivity index (χ4v) is 6.63. The number of ether oxygens (including phenoxy) is 3. The third kappa shape index (κ3) is 7.58. The smallest absolute Gasteiger partial charge is 0.255 e. The molecule has 1 atom stereocenters. The third-order valence-electron chi connectivity index (χ3n) is 8.04. The predicted molar refractivity (Wildman–Crippen MR) is 179 cm³/mol. The van der Waals surface area contributed by atoms with Gasteiger partial charge in [0, 0.05) is 46.7 Å². The van der Waals surface area contributed by atoms with Crippen LogP contribution in [0.5, 0.6) is 17.2 Å². The van der Waals surface area contributed by atoms with E-state index in [0.717, 1.165) is 67.9 Å². The van der Waals surface area contributed by atoms with Gasteiger partial charge < -0.3 is 24.4 Å². The SMILES string of the molecule is CCCCCc1c(C)nc2nc(SCc3ccc(Cl)cc3)nn2c1N1CCCC(NC(=O)c2cc(OC)c(OC)c(OC)c2)C1. The fraction of sp³-hybridized carbons (Fsp3) is 0.455. The fourth-order valence-electron chi connectivity index (χ4n) is 5.73. The molecule has 45 heavy (non-hydrogen) atoms. The maximum atomic E-state index is 13.5. The van der Waals surface area contributed by atoms with Crippen molar-refractivity contribution in [1.29, 1.82) is 0 Å². The first kappa shape index (κ1) is 32.7. The van der Waals surface area contributed by atoms with Crippen molar-refractivity contribution in [2.75, 3.05) is 39.3 Å². The van der Waals surface area contributed by atoms with Crippen molar-refractivity contribution in [2.24, 2.45) is 0 Å². The largest absolute Gasteiger partial charge is 0.493 e. The summed E-state index contributed by atoms with van der Waals surface area (Å²) in [6, 6.07) is 11.1. The minimum absolute atomic E-state index is 0.0698. The number of aromatic nitrogens is 4. The predicted octanol–water partition coefficient (Wildman–Crippen LogP) is 6.54. The summed E-state index contributed by atoms with van der Waals surface area (Å²) in [6.07, 6.45) is 6.04. The van der Waals surface area contributed by atoms with E-state index in [-0.39, 0.29) is 11.9 Å². The second kappa shape index (κ2) is 15.1. The van der Waals surface area contributed by atoms with Crippen LogP contribution in [0.15, 0.2) is 41.6 Å². The Hall–Kier alpha value is -3.70. The molecule has 2 aromatic heterocycles. The van der Waals surface area contributed by atoms with Gasteiger partial charge in [0.1, 0.15) is 5.82 Å². The first-order valence-corrected chi connectivity index (χ1v) is 16.7. The molecule has 1 fully saturated rings. The van der Waals surface area contributed by atoms with Crippen LogP contribution < -0.4 is 24.4 Å². The molecule has 1 saturated heterocycles. The topological polar surface area (TPSA) is 103 Å². The van der Waals surface area contributed by atoms with Crippen molar-refractivity contribution in [2.45, 2.75) is 69.3 Å². The summed E-state index contributed by atoms with van der Waals surface area (Å²) in [4.78, 5) is 25.5. The van der Waals surface area contributed by atoms with Crippen molar-refractivity contribution in [3.05, 3.63) is 63.8 Å². The van der Waals surface area contributed by atoms with Gasteiger partial charge in [-0.25, -0.2) is 4.98 Å². The molecular weight excluding hydrogens is 612 g/mol. The van der Waals surface area contributed by atoms with Crippen molar-refractivity contribution in [1.82, 2.24) is 24.9 Å². The normalized spacial score (nSPS) is 14.9. The molecule has 3 heterocycles. The van der Waals surface area contributed by atoms with Crippen LogP contribution in [0, 0.1) is 6.92 Å². The van der Waals surface area contributed by atoms with Crippen LogP contribution in [0.4, 0.5) is 5.82 Å². The number of hydrogen-bond donors (Lipinski definition) is 1. The summed E-state index contributed by atoms with van der Waals surface area (Å²) >= 11 is 7.65. The molecule has 12 heteroatoms. The number of rotatable bonds is 13. The molecule has 1 N–H and O–H groups in total. The Kier molecular flexibility index (Phi) is 10.9. The Morgan fingerprint density at radius 3 is 2.47 bits per heavy atom. The number of nitrogens with zero attached hydrogens (tertiary/aromatic N) is 5. The Bertz CT molecular complexity index is 1600. The monoisotopic (exact) mass is 652 g/mol. The number of carbonyl (C=O) groups excluding carboxylic acids is 1. The lowest BCUT2D eigenvalue weighted by Crippen LogP contribution is -2.48.